The maximum atomic E-state index is 9.34. The Bertz CT molecular complexity index is 402. The van der Waals surface area contributed by atoms with Gasteiger partial charge in [-0.15, -0.1) is 0 Å². The Hall–Kier alpha value is -1.10. The molecule has 1 aromatic carbocycles. The van der Waals surface area contributed by atoms with Gasteiger partial charge in [-0.2, -0.15) is 0 Å². The molecular formula is C17H28N2O2. The van der Waals surface area contributed by atoms with E-state index in [-0.39, 0.29) is 6.61 Å². The summed E-state index contributed by atoms with van der Waals surface area (Å²) in [6.45, 7) is 7.93. The molecule has 2 atom stereocenters. The second-order valence-corrected chi connectivity index (χ2v) is 5.69. The second kappa shape index (κ2) is 8.37. The molecule has 1 heterocycles. The molecule has 2 N–H and O–H groups in total. The van der Waals surface area contributed by atoms with Crippen LogP contribution >= 0.6 is 0 Å². The highest BCUT2D eigenvalue weighted by Gasteiger charge is 2.22. The first-order valence-electron chi connectivity index (χ1n) is 8.05. The van der Waals surface area contributed by atoms with Crippen LogP contribution in [-0.4, -0.2) is 48.9 Å². The monoisotopic (exact) mass is 292 g/mol. The molecule has 21 heavy (non-hydrogen) atoms. The fraction of sp³-hybridized carbons (Fsp3) is 0.647. The van der Waals surface area contributed by atoms with Crippen LogP contribution in [0.2, 0.25) is 0 Å². The number of rotatable bonds is 8. The molecule has 4 nitrogen and oxygen atoms in total. The molecule has 0 aromatic heterocycles. The standard InChI is InChI=1S/C17H28N2O2/c1-3-21-17-8-6-15(7-9-17)14(2)19(11-12-20)13-16-5-4-10-18-16/h6-9,14,16,18,20H,3-5,10-13H2,1-2H3. The summed E-state index contributed by atoms with van der Waals surface area (Å²) in [6, 6.07) is 9.17. The van der Waals surface area contributed by atoms with Gasteiger partial charge >= 0.3 is 0 Å². The molecule has 0 radical (unpaired) electrons. The molecule has 1 aliphatic heterocycles. The zero-order valence-corrected chi connectivity index (χ0v) is 13.2. The summed E-state index contributed by atoms with van der Waals surface area (Å²) in [7, 11) is 0. The molecular weight excluding hydrogens is 264 g/mol. The first-order chi connectivity index (χ1) is 10.2. The molecule has 2 unspecified atom stereocenters. The minimum atomic E-state index is 0.202. The molecule has 0 aliphatic carbocycles. The van der Waals surface area contributed by atoms with Gasteiger partial charge in [0.1, 0.15) is 5.75 Å². The molecule has 1 aliphatic rings. The molecule has 0 spiro atoms. The van der Waals surface area contributed by atoms with Gasteiger partial charge in [-0.3, -0.25) is 4.90 Å². The maximum absolute atomic E-state index is 9.34. The summed E-state index contributed by atoms with van der Waals surface area (Å²) in [4.78, 5) is 2.36. The van der Waals surface area contributed by atoms with Crippen molar-refractivity contribution in [3.05, 3.63) is 29.8 Å². The van der Waals surface area contributed by atoms with Gasteiger partial charge in [-0.05, 0) is 50.9 Å². The van der Waals surface area contributed by atoms with Crippen LogP contribution in [-0.2, 0) is 0 Å². The van der Waals surface area contributed by atoms with Crippen LogP contribution in [0, 0.1) is 0 Å². The highest BCUT2D eigenvalue weighted by Crippen LogP contribution is 2.23. The lowest BCUT2D eigenvalue weighted by molar-refractivity contribution is 0.147. The molecule has 1 saturated heterocycles. The van der Waals surface area contributed by atoms with E-state index in [4.69, 9.17) is 4.74 Å². The van der Waals surface area contributed by atoms with Gasteiger partial charge in [0, 0.05) is 25.2 Å². The molecule has 118 valence electrons. The Morgan fingerprint density at radius 1 is 1.38 bits per heavy atom. The second-order valence-electron chi connectivity index (χ2n) is 5.69. The third kappa shape index (κ3) is 4.70. The Morgan fingerprint density at radius 3 is 2.71 bits per heavy atom. The van der Waals surface area contributed by atoms with E-state index in [9.17, 15) is 5.11 Å². The molecule has 2 rings (SSSR count). The number of hydrogen-bond donors (Lipinski definition) is 2. The summed E-state index contributed by atoms with van der Waals surface area (Å²) < 4.78 is 5.49. The molecule has 0 bridgehead atoms. The van der Waals surface area contributed by atoms with E-state index in [0.717, 1.165) is 18.8 Å². The minimum absolute atomic E-state index is 0.202. The quantitative estimate of drug-likeness (QED) is 0.771. The lowest BCUT2D eigenvalue weighted by Gasteiger charge is -2.31. The van der Waals surface area contributed by atoms with Gasteiger partial charge < -0.3 is 15.2 Å². The van der Waals surface area contributed by atoms with Crippen LogP contribution in [0.5, 0.6) is 5.75 Å². The Kier molecular flexibility index (Phi) is 6.49. The minimum Gasteiger partial charge on any atom is -0.494 e. The predicted molar refractivity (Wildman–Crippen MR) is 85.7 cm³/mol. The first kappa shape index (κ1) is 16.3. The van der Waals surface area contributed by atoms with Gasteiger partial charge in [-0.25, -0.2) is 0 Å². The summed E-state index contributed by atoms with van der Waals surface area (Å²) >= 11 is 0. The zero-order valence-electron chi connectivity index (χ0n) is 13.2. The van der Waals surface area contributed by atoms with Crippen molar-refractivity contribution in [1.29, 1.82) is 0 Å². The topological polar surface area (TPSA) is 44.7 Å². The van der Waals surface area contributed by atoms with Crippen molar-refractivity contribution in [2.45, 2.75) is 38.8 Å². The Morgan fingerprint density at radius 2 is 2.14 bits per heavy atom. The smallest absolute Gasteiger partial charge is 0.119 e. The van der Waals surface area contributed by atoms with E-state index in [1.165, 1.54) is 18.4 Å². The highest BCUT2D eigenvalue weighted by molar-refractivity contribution is 5.29. The summed E-state index contributed by atoms with van der Waals surface area (Å²) in [5.41, 5.74) is 1.27. The van der Waals surface area contributed by atoms with E-state index < -0.39 is 0 Å². The SMILES string of the molecule is CCOc1ccc(C(C)N(CCO)CC2CCCN2)cc1. The number of aliphatic hydroxyl groups excluding tert-OH is 1. The van der Waals surface area contributed by atoms with Crippen molar-refractivity contribution in [1.82, 2.24) is 10.2 Å². The van der Waals surface area contributed by atoms with Crippen LogP contribution in [0.3, 0.4) is 0 Å². The number of benzene rings is 1. The fourth-order valence-corrected chi connectivity index (χ4v) is 2.99. The lowest BCUT2D eigenvalue weighted by atomic mass is 10.1. The normalized spacial score (nSPS) is 19.9. The van der Waals surface area contributed by atoms with Crippen LogP contribution in [0.1, 0.15) is 38.3 Å². The van der Waals surface area contributed by atoms with Crippen LogP contribution in [0.25, 0.3) is 0 Å². The average molecular weight is 292 g/mol. The summed E-state index contributed by atoms with van der Waals surface area (Å²) in [5, 5.41) is 12.9. The summed E-state index contributed by atoms with van der Waals surface area (Å²) in [6.07, 6.45) is 2.49. The van der Waals surface area contributed by atoms with Crippen molar-refractivity contribution in [3.8, 4) is 5.75 Å². The van der Waals surface area contributed by atoms with Gasteiger partial charge in [-0.1, -0.05) is 12.1 Å². The number of nitrogens with one attached hydrogen (secondary N) is 1. The van der Waals surface area contributed by atoms with Crippen molar-refractivity contribution < 1.29 is 9.84 Å². The van der Waals surface area contributed by atoms with Crippen LogP contribution < -0.4 is 10.1 Å². The van der Waals surface area contributed by atoms with Gasteiger partial charge in [0.15, 0.2) is 0 Å². The lowest BCUT2D eigenvalue weighted by Crippen LogP contribution is -2.40. The number of hydrogen-bond acceptors (Lipinski definition) is 4. The fourth-order valence-electron chi connectivity index (χ4n) is 2.99. The van der Waals surface area contributed by atoms with Crippen LogP contribution in [0.15, 0.2) is 24.3 Å². The van der Waals surface area contributed by atoms with Gasteiger partial charge in [0.2, 0.25) is 0 Å². The van der Waals surface area contributed by atoms with Crippen molar-refractivity contribution >= 4 is 0 Å². The highest BCUT2D eigenvalue weighted by atomic mass is 16.5. The molecule has 1 fully saturated rings. The van der Waals surface area contributed by atoms with E-state index in [2.05, 4.69) is 29.3 Å². The van der Waals surface area contributed by atoms with Crippen molar-refractivity contribution in [3.63, 3.8) is 0 Å². The Balaban J connectivity index is 2.00. The van der Waals surface area contributed by atoms with Gasteiger partial charge in [0.05, 0.1) is 13.2 Å². The van der Waals surface area contributed by atoms with E-state index in [0.29, 0.717) is 25.2 Å². The van der Waals surface area contributed by atoms with E-state index in [1.54, 1.807) is 0 Å². The molecule has 0 saturated carbocycles. The van der Waals surface area contributed by atoms with Crippen molar-refractivity contribution in [2.75, 3.05) is 32.8 Å². The van der Waals surface area contributed by atoms with Crippen molar-refractivity contribution in [2.24, 2.45) is 0 Å². The third-order valence-electron chi connectivity index (χ3n) is 4.23. The Labute approximate surface area is 128 Å². The van der Waals surface area contributed by atoms with E-state index >= 15 is 0 Å². The number of ether oxygens (including phenoxy) is 1. The predicted octanol–water partition coefficient (Wildman–Crippen LogP) is 2.19. The first-order valence-corrected chi connectivity index (χ1v) is 8.05. The number of nitrogens with zero attached hydrogens (tertiary/aromatic N) is 1. The van der Waals surface area contributed by atoms with Crippen LogP contribution in [0.4, 0.5) is 0 Å². The molecule has 4 heteroatoms. The van der Waals surface area contributed by atoms with Gasteiger partial charge in [0.25, 0.3) is 0 Å². The number of aliphatic hydroxyl groups is 1. The molecule has 1 aromatic rings. The average Bonchev–Trinajstić information content (AvgIpc) is 3.00. The summed E-state index contributed by atoms with van der Waals surface area (Å²) in [5.74, 6) is 0.916. The largest absolute Gasteiger partial charge is 0.494 e. The van der Waals surface area contributed by atoms with E-state index in [1.807, 2.05) is 19.1 Å². The zero-order chi connectivity index (χ0) is 15.1. The molecule has 0 amide bonds. The third-order valence-corrected chi connectivity index (χ3v) is 4.23. The maximum Gasteiger partial charge on any atom is 0.119 e.